The Balaban J connectivity index is 1.47. The zero-order chi connectivity index (χ0) is 32.1. The van der Waals surface area contributed by atoms with Crippen molar-refractivity contribution in [3.63, 3.8) is 0 Å². The molecule has 0 spiro atoms. The molecular formula is C32H42FN5O5S2. The van der Waals surface area contributed by atoms with Crippen LogP contribution in [0.15, 0.2) is 41.3 Å². The lowest BCUT2D eigenvalue weighted by Gasteiger charge is -2.34. The van der Waals surface area contributed by atoms with Crippen molar-refractivity contribution in [2.45, 2.75) is 55.9 Å². The van der Waals surface area contributed by atoms with Gasteiger partial charge in [0.25, 0.3) is 0 Å². The monoisotopic (exact) mass is 659 g/mol. The maximum Gasteiger partial charge on any atom is 0.303 e. The van der Waals surface area contributed by atoms with Crippen molar-refractivity contribution >= 4 is 49.1 Å². The van der Waals surface area contributed by atoms with Crippen LogP contribution in [0, 0.1) is 11.8 Å². The van der Waals surface area contributed by atoms with Crippen LogP contribution in [0.25, 0.3) is 10.2 Å². The zero-order valence-electron chi connectivity index (χ0n) is 25.8. The van der Waals surface area contributed by atoms with Crippen molar-refractivity contribution in [3.05, 3.63) is 52.5 Å². The van der Waals surface area contributed by atoms with Crippen molar-refractivity contribution in [2.24, 2.45) is 11.8 Å². The number of benzene rings is 2. The second-order valence-corrected chi connectivity index (χ2v) is 15.2. The van der Waals surface area contributed by atoms with Crippen molar-refractivity contribution < 1.29 is 27.5 Å². The molecule has 0 unspecified atom stereocenters. The number of anilines is 1. The number of carbonyl (C=O) groups excluding carboxylic acids is 1. The molecule has 45 heavy (non-hydrogen) atoms. The number of nitrogens with one attached hydrogen (secondary N) is 2. The van der Waals surface area contributed by atoms with E-state index in [1.54, 1.807) is 4.90 Å². The number of thiazole rings is 1. The predicted molar refractivity (Wildman–Crippen MR) is 174 cm³/mol. The van der Waals surface area contributed by atoms with E-state index in [9.17, 15) is 27.5 Å². The van der Waals surface area contributed by atoms with Gasteiger partial charge in [-0.05, 0) is 87.4 Å². The Morgan fingerprint density at radius 3 is 2.64 bits per heavy atom. The van der Waals surface area contributed by atoms with E-state index in [0.717, 1.165) is 22.3 Å². The Hall–Kier alpha value is -3.13. The van der Waals surface area contributed by atoms with Crippen LogP contribution < -0.4 is 10.0 Å². The molecule has 1 amide bonds. The third-order valence-electron chi connectivity index (χ3n) is 8.62. The van der Waals surface area contributed by atoms with Gasteiger partial charge < -0.3 is 20.2 Å². The minimum Gasteiger partial charge on any atom is -0.481 e. The molecule has 2 aliphatic rings. The van der Waals surface area contributed by atoms with Crippen LogP contribution in [-0.4, -0.2) is 93.2 Å². The number of nitrogens with zero attached hydrogens (tertiary/aromatic N) is 3. The van der Waals surface area contributed by atoms with Gasteiger partial charge in [-0.3, -0.25) is 14.0 Å². The second kappa shape index (κ2) is 14.5. The van der Waals surface area contributed by atoms with Crippen LogP contribution in [0.2, 0.25) is 0 Å². The third-order valence-corrected chi connectivity index (χ3v) is 11.2. The summed E-state index contributed by atoms with van der Waals surface area (Å²) < 4.78 is 45.1. The van der Waals surface area contributed by atoms with Crippen molar-refractivity contribution in [2.75, 3.05) is 52.3 Å². The Kier molecular flexibility index (Phi) is 10.7. The Labute approximate surface area is 268 Å². The summed E-state index contributed by atoms with van der Waals surface area (Å²) in [5.74, 6) is -0.831. The zero-order valence-corrected chi connectivity index (χ0v) is 27.4. The Morgan fingerprint density at radius 2 is 1.96 bits per heavy atom. The highest BCUT2D eigenvalue weighted by molar-refractivity contribution is 7.89. The van der Waals surface area contributed by atoms with Gasteiger partial charge in [0, 0.05) is 39.0 Å². The third kappa shape index (κ3) is 8.37. The van der Waals surface area contributed by atoms with Crippen molar-refractivity contribution in [1.82, 2.24) is 19.5 Å². The fraction of sp³-hybridized carbons (Fsp3) is 0.531. The molecular weight excluding hydrogens is 618 g/mol. The van der Waals surface area contributed by atoms with Gasteiger partial charge in [0.05, 0.1) is 27.6 Å². The number of halogens is 1. The molecule has 0 bridgehead atoms. The molecule has 0 saturated carbocycles. The Morgan fingerprint density at radius 1 is 1.20 bits per heavy atom. The maximum absolute atomic E-state index is 14.2. The smallest absolute Gasteiger partial charge is 0.303 e. The lowest BCUT2D eigenvalue weighted by molar-refractivity contribution is -0.137. The summed E-state index contributed by atoms with van der Waals surface area (Å²) in [5.41, 5.74) is 2.72. The number of hydrogen-bond donors (Lipinski definition) is 3. The summed E-state index contributed by atoms with van der Waals surface area (Å²) in [5, 5.41) is 13.3. The molecule has 0 radical (unpaired) electrons. The number of para-hydroxylation sites is 1. The van der Waals surface area contributed by atoms with Gasteiger partial charge >= 0.3 is 5.97 Å². The van der Waals surface area contributed by atoms with Gasteiger partial charge in [0.1, 0.15) is 10.9 Å². The fourth-order valence-corrected chi connectivity index (χ4v) is 8.89. The molecule has 1 aromatic heterocycles. The number of carboxylic acid groups (broad SMARTS) is 1. The summed E-state index contributed by atoms with van der Waals surface area (Å²) in [7, 11) is -0.265. The summed E-state index contributed by atoms with van der Waals surface area (Å²) >= 11 is 1.43. The van der Waals surface area contributed by atoms with Gasteiger partial charge in [-0.1, -0.05) is 18.2 Å². The summed E-state index contributed by atoms with van der Waals surface area (Å²) in [6.07, 6.45) is 2.60. The van der Waals surface area contributed by atoms with E-state index in [-0.39, 0.29) is 41.9 Å². The Bertz CT molecular complexity index is 1590. The van der Waals surface area contributed by atoms with Crippen LogP contribution in [0.5, 0.6) is 0 Å². The van der Waals surface area contributed by atoms with Gasteiger partial charge in [-0.25, -0.2) is 13.4 Å². The number of likely N-dealkylation sites (tertiary alicyclic amines) is 1. The van der Waals surface area contributed by atoms with Gasteiger partial charge in [0.2, 0.25) is 15.9 Å². The van der Waals surface area contributed by atoms with Gasteiger partial charge in [0.15, 0.2) is 0 Å². The highest BCUT2D eigenvalue weighted by Gasteiger charge is 2.35. The summed E-state index contributed by atoms with van der Waals surface area (Å²) in [4.78, 5) is 33.8. The molecule has 3 aromatic rings. The first-order valence-electron chi connectivity index (χ1n) is 15.5. The minimum atomic E-state index is -4.25. The number of carboxylic acids is 1. The second-order valence-electron chi connectivity index (χ2n) is 12.4. The largest absolute Gasteiger partial charge is 0.481 e. The molecule has 0 aliphatic carbocycles. The number of aliphatic carboxylic acids is 1. The molecule has 10 nitrogen and oxygen atoms in total. The lowest BCUT2D eigenvalue weighted by Crippen LogP contribution is -2.51. The quantitative estimate of drug-likeness (QED) is 0.252. The van der Waals surface area contributed by atoms with Gasteiger partial charge in [-0.2, -0.15) is 4.72 Å². The normalized spacial score (nSPS) is 18.1. The lowest BCUT2D eigenvalue weighted by atomic mass is 9.91. The number of aryl methyl sites for hydroxylation is 1. The number of amides is 1. The van der Waals surface area contributed by atoms with Crippen LogP contribution >= 0.6 is 11.3 Å². The first kappa shape index (κ1) is 33.2. The molecule has 3 heterocycles. The number of hydrogen-bond acceptors (Lipinski definition) is 8. The van der Waals surface area contributed by atoms with Crippen LogP contribution in [0.3, 0.4) is 0 Å². The molecule has 1 saturated heterocycles. The number of sulfonamides is 1. The van der Waals surface area contributed by atoms with E-state index >= 15 is 0 Å². The molecule has 3 N–H and O–H groups in total. The van der Waals surface area contributed by atoms with E-state index in [2.05, 4.69) is 19.9 Å². The minimum absolute atomic E-state index is 0.0208. The molecule has 13 heteroatoms. The molecule has 244 valence electrons. The first-order valence-corrected chi connectivity index (χ1v) is 17.8. The maximum atomic E-state index is 14.2. The van der Waals surface area contributed by atoms with E-state index < -0.39 is 28.7 Å². The highest BCUT2D eigenvalue weighted by Crippen LogP contribution is 2.34. The van der Waals surface area contributed by atoms with E-state index in [1.807, 2.05) is 44.4 Å². The number of rotatable bonds is 13. The fourth-order valence-electron chi connectivity index (χ4n) is 6.41. The standard InChI is InChI=1S/C32H42FN5O5S2/c1-37(2)20-23-16-24-15-22(7-8-30(39)40)17-28(31(24)34-19-23)45(42,43)36-26(18-29-35-25-5-3-4-6-27(25)44-29)32(41)38-13-10-21(9-12-33)11-14-38/h3-6,15,17,21,23,26,34,36H,7-14,16,18-20H2,1-2H3,(H,39,40)/t23-,26-/m0/s1. The summed E-state index contributed by atoms with van der Waals surface area (Å²) in [6, 6.07) is 9.95. The van der Waals surface area contributed by atoms with E-state index in [4.69, 9.17) is 0 Å². The first-order chi connectivity index (χ1) is 21.5. The number of alkyl halides is 1. The number of piperidine rings is 1. The predicted octanol–water partition coefficient (Wildman–Crippen LogP) is 3.95. The average molecular weight is 660 g/mol. The number of carbonyl (C=O) groups is 2. The number of aromatic nitrogens is 1. The molecule has 2 atom stereocenters. The van der Waals surface area contributed by atoms with Crippen LogP contribution in [0.4, 0.5) is 10.1 Å². The molecule has 1 fully saturated rings. The van der Waals surface area contributed by atoms with E-state index in [1.165, 1.54) is 17.4 Å². The molecule has 2 aromatic carbocycles. The highest BCUT2D eigenvalue weighted by atomic mass is 32.2. The summed E-state index contributed by atoms with van der Waals surface area (Å²) in [6.45, 7) is 1.89. The van der Waals surface area contributed by atoms with Crippen LogP contribution in [0.1, 0.15) is 41.8 Å². The SMILES string of the molecule is CN(C)C[C@@H]1CNc2c(cc(CCC(=O)O)cc2S(=O)(=O)N[C@@H](Cc2nc3ccccc3s2)C(=O)N2CCC(CCF)CC2)C1. The van der Waals surface area contributed by atoms with E-state index in [0.29, 0.717) is 61.6 Å². The van der Waals surface area contributed by atoms with Crippen molar-refractivity contribution in [3.8, 4) is 0 Å². The average Bonchev–Trinajstić information content (AvgIpc) is 3.41. The molecule has 5 rings (SSSR count). The number of fused-ring (bicyclic) bond motifs is 2. The van der Waals surface area contributed by atoms with Crippen LogP contribution in [-0.2, 0) is 38.9 Å². The topological polar surface area (TPSA) is 132 Å². The van der Waals surface area contributed by atoms with Gasteiger partial charge in [-0.15, -0.1) is 11.3 Å². The van der Waals surface area contributed by atoms with Crippen molar-refractivity contribution in [1.29, 1.82) is 0 Å². The molecule has 2 aliphatic heterocycles.